The van der Waals surface area contributed by atoms with Gasteiger partial charge in [0.15, 0.2) is 9.84 Å². The first-order valence-corrected chi connectivity index (χ1v) is 7.62. The quantitative estimate of drug-likeness (QED) is 0.857. The van der Waals surface area contributed by atoms with Gasteiger partial charge in [-0.3, -0.25) is 0 Å². The van der Waals surface area contributed by atoms with Gasteiger partial charge < -0.3 is 15.2 Å². The molecule has 0 aliphatic carbocycles. The van der Waals surface area contributed by atoms with Gasteiger partial charge in [0, 0.05) is 12.1 Å². The fourth-order valence-electron chi connectivity index (χ4n) is 2.09. The second-order valence-corrected chi connectivity index (χ2v) is 6.69. The molecule has 7 heteroatoms. The molecule has 1 aliphatic heterocycles. The third-order valence-electron chi connectivity index (χ3n) is 3.05. The summed E-state index contributed by atoms with van der Waals surface area (Å²) < 4.78 is 27.8. The number of sulfone groups is 1. The molecule has 1 fully saturated rings. The van der Waals surface area contributed by atoms with Gasteiger partial charge in [-0.1, -0.05) is 0 Å². The summed E-state index contributed by atoms with van der Waals surface area (Å²) in [5.41, 5.74) is 0.485. The monoisotopic (exact) mass is 285 g/mol. The Balaban J connectivity index is 2.25. The lowest BCUT2D eigenvalue weighted by atomic mass is 10.1. The highest BCUT2D eigenvalue weighted by Gasteiger charge is 2.28. The van der Waals surface area contributed by atoms with Crippen molar-refractivity contribution in [2.24, 2.45) is 0 Å². The third kappa shape index (κ3) is 3.17. The minimum Gasteiger partial charge on any atom is -0.497 e. The maximum Gasteiger partial charge on any atom is 0.337 e. The molecule has 2 N–H and O–H groups in total. The van der Waals surface area contributed by atoms with E-state index in [2.05, 4.69) is 5.32 Å². The van der Waals surface area contributed by atoms with E-state index in [1.54, 1.807) is 12.1 Å². The molecule has 0 amide bonds. The highest BCUT2D eigenvalue weighted by molar-refractivity contribution is 7.91. The number of benzene rings is 1. The first kappa shape index (κ1) is 13.7. The van der Waals surface area contributed by atoms with Crippen LogP contribution < -0.4 is 10.1 Å². The van der Waals surface area contributed by atoms with Crippen molar-refractivity contribution in [3.63, 3.8) is 0 Å². The van der Waals surface area contributed by atoms with Crippen LogP contribution in [0.15, 0.2) is 18.2 Å². The van der Waals surface area contributed by atoms with Crippen molar-refractivity contribution >= 4 is 21.5 Å². The van der Waals surface area contributed by atoms with Crippen molar-refractivity contribution < 1.29 is 23.1 Å². The Bertz CT molecular complexity index is 596. The molecule has 104 valence electrons. The number of hydrogen-bond acceptors (Lipinski definition) is 5. The molecule has 1 aromatic carbocycles. The second kappa shape index (κ2) is 5.08. The molecule has 0 spiro atoms. The fourth-order valence-corrected chi connectivity index (χ4v) is 3.76. The zero-order valence-electron chi connectivity index (χ0n) is 10.4. The highest BCUT2D eigenvalue weighted by Crippen LogP contribution is 2.25. The molecule has 1 atom stereocenters. The predicted molar refractivity (Wildman–Crippen MR) is 70.6 cm³/mol. The number of methoxy groups -OCH3 is 1. The Labute approximate surface area is 111 Å². The SMILES string of the molecule is COc1ccc(C(=O)O)c(NC2CCS(=O)(=O)C2)c1. The number of anilines is 1. The van der Waals surface area contributed by atoms with Gasteiger partial charge in [-0.15, -0.1) is 0 Å². The Morgan fingerprint density at radius 1 is 1.47 bits per heavy atom. The van der Waals surface area contributed by atoms with Gasteiger partial charge in [0.1, 0.15) is 5.75 Å². The summed E-state index contributed by atoms with van der Waals surface area (Å²) in [7, 11) is -1.52. The summed E-state index contributed by atoms with van der Waals surface area (Å²) in [5.74, 6) is -0.375. The number of rotatable bonds is 4. The van der Waals surface area contributed by atoms with Gasteiger partial charge in [-0.2, -0.15) is 0 Å². The molecule has 1 aliphatic rings. The van der Waals surface area contributed by atoms with Gasteiger partial charge in [-0.25, -0.2) is 13.2 Å². The van der Waals surface area contributed by atoms with Crippen LogP contribution in [0.2, 0.25) is 0 Å². The van der Waals surface area contributed by atoms with Crippen LogP contribution in [-0.4, -0.2) is 44.2 Å². The van der Waals surface area contributed by atoms with Crippen molar-refractivity contribution in [3.05, 3.63) is 23.8 Å². The van der Waals surface area contributed by atoms with Gasteiger partial charge in [-0.05, 0) is 18.6 Å². The third-order valence-corrected chi connectivity index (χ3v) is 4.82. The van der Waals surface area contributed by atoms with E-state index in [9.17, 15) is 13.2 Å². The summed E-state index contributed by atoms with van der Waals surface area (Å²) in [5, 5.41) is 12.1. The van der Waals surface area contributed by atoms with E-state index >= 15 is 0 Å². The number of carboxylic acid groups (broad SMARTS) is 1. The van der Waals surface area contributed by atoms with Crippen LogP contribution in [0.5, 0.6) is 5.75 Å². The molecule has 19 heavy (non-hydrogen) atoms. The van der Waals surface area contributed by atoms with Crippen molar-refractivity contribution in [1.82, 2.24) is 0 Å². The number of carbonyl (C=O) groups is 1. The Hall–Kier alpha value is -1.76. The normalized spacial score (nSPS) is 21.0. The van der Waals surface area contributed by atoms with Gasteiger partial charge in [0.25, 0.3) is 0 Å². The minimum atomic E-state index is -3.01. The molecule has 0 saturated carbocycles. The molecular formula is C12H15NO5S. The molecule has 0 radical (unpaired) electrons. The highest BCUT2D eigenvalue weighted by atomic mass is 32.2. The molecule has 0 aromatic heterocycles. The van der Waals surface area contributed by atoms with Crippen LogP contribution in [0, 0.1) is 0 Å². The lowest BCUT2D eigenvalue weighted by Crippen LogP contribution is -2.22. The van der Waals surface area contributed by atoms with E-state index in [1.165, 1.54) is 13.2 Å². The van der Waals surface area contributed by atoms with E-state index in [-0.39, 0.29) is 23.1 Å². The molecule has 6 nitrogen and oxygen atoms in total. The molecule has 1 aromatic rings. The smallest absolute Gasteiger partial charge is 0.337 e. The first-order valence-electron chi connectivity index (χ1n) is 5.79. The molecule has 1 saturated heterocycles. The summed E-state index contributed by atoms with van der Waals surface area (Å²) in [4.78, 5) is 11.1. The van der Waals surface area contributed by atoms with E-state index in [0.29, 0.717) is 17.9 Å². The number of ether oxygens (including phenoxy) is 1. The maximum absolute atomic E-state index is 11.4. The maximum atomic E-state index is 11.4. The fraction of sp³-hybridized carbons (Fsp3) is 0.417. The summed E-state index contributed by atoms with van der Waals surface area (Å²) >= 11 is 0. The van der Waals surface area contributed by atoms with E-state index in [0.717, 1.165) is 0 Å². The zero-order valence-corrected chi connectivity index (χ0v) is 11.2. The lowest BCUT2D eigenvalue weighted by molar-refractivity contribution is 0.0698. The van der Waals surface area contributed by atoms with Gasteiger partial charge in [0.05, 0.1) is 29.9 Å². The van der Waals surface area contributed by atoms with Crippen LogP contribution in [0.4, 0.5) is 5.69 Å². The standard InChI is InChI=1S/C12H15NO5S/c1-18-9-2-3-10(12(14)15)11(6-9)13-8-4-5-19(16,17)7-8/h2-3,6,8,13H,4-5,7H2,1H3,(H,14,15). The van der Waals surface area contributed by atoms with E-state index in [1.807, 2.05) is 0 Å². The summed E-state index contributed by atoms with van der Waals surface area (Å²) in [6.45, 7) is 0. The van der Waals surface area contributed by atoms with Crippen LogP contribution in [0.1, 0.15) is 16.8 Å². The minimum absolute atomic E-state index is 0.0310. The van der Waals surface area contributed by atoms with Gasteiger partial charge in [0.2, 0.25) is 0 Å². The Morgan fingerprint density at radius 2 is 2.21 bits per heavy atom. The van der Waals surface area contributed by atoms with Crippen molar-refractivity contribution in [3.8, 4) is 5.75 Å². The second-order valence-electron chi connectivity index (χ2n) is 4.46. The van der Waals surface area contributed by atoms with E-state index < -0.39 is 15.8 Å². The van der Waals surface area contributed by atoms with Crippen molar-refractivity contribution in [2.45, 2.75) is 12.5 Å². The Morgan fingerprint density at radius 3 is 2.74 bits per heavy atom. The van der Waals surface area contributed by atoms with Crippen LogP contribution in [-0.2, 0) is 9.84 Å². The van der Waals surface area contributed by atoms with E-state index in [4.69, 9.17) is 9.84 Å². The number of nitrogens with one attached hydrogen (secondary N) is 1. The molecule has 1 unspecified atom stereocenters. The van der Waals surface area contributed by atoms with Gasteiger partial charge >= 0.3 is 5.97 Å². The van der Waals surface area contributed by atoms with Crippen LogP contribution >= 0.6 is 0 Å². The average Bonchev–Trinajstić information content (AvgIpc) is 2.68. The van der Waals surface area contributed by atoms with Crippen molar-refractivity contribution in [2.75, 3.05) is 23.9 Å². The van der Waals surface area contributed by atoms with Crippen LogP contribution in [0.25, 0.3) is 0 Å². The number of hydrogen-bond donors (Lipinski definition) is 2. The Kier molecular flexibility index (Phi) is 3.66. The first-order chi connectivity index (χ1) is 8.91. The topological polar surface area (TPSA) is 92.7 Å². The molecule has 1 heterocycles. The molecule has 0 bridgehead atoms. The summed E-state index contributed by atoms with van der Waals surface area (Å²) in [6, 6.07) is 4.30. The predicted octanol–water partition coefficient (Wildman–Crippen LogP) is 0.992. The van der Waals surface area contributed by atoms with Crippen LogP contribution in [0.3, 0.4) is 0 Å². The number of carboxylic acids is 1. The number of aromatic carboxylic acids is 1. The lowest BCUT2D eigenvalue weighted by Gasteiger charge is -2.15. The molecular weight excluding hydrogens is 270 g/mol. The van der Waals surface area contributed by atoms with Crippen molar-refractivity contribution in [1.29, 1.82) is 0 Å². The summed E-state index contributed by atoms with van der Waals surface area (Å²) in [6.07, 6.45) is 0.485. The zero-order chi connectivity index (χ0) is 14.0. The average molecular weight is 285 g/mol. The largest absolute Gasteiger partial charge is 0.497 e. The molecule has 2 rings (SSSR count).